The highest BCUT2D eigenvalue weighted by Crippen LogP contribution is 2.16. The zero-order chi connectivity index (χ0) is 16.9. The lowest BCUT2D eigenvalue weighted by Gasteiger charge is -2.08. The van der Waals surface area contributed by atoms with Crippen molar-refractivity contribution in [2.24, 2.45) is 5.16 Å². The molecule has 4 nitrogen and oxygen atoms in total. The maximum atomic E-state index is 12.4. The molecule has 0 amide bonds. The molecule has 0 aliphatic carbocycles. The molecular weight excluding hydrogens is 334 g/mol. The normalized spacial score (nSPS) is 12.2. The van der Waals surface area contributed by atoms with Crippen molar-refractivity contribution in [3.8, 4) is 0 Å². The van der Waals surface area contributed by atoms with E-state index in [4.69, 9.17) is 16.4 Å². The average Bonchev–Trinajstić information content (AvgIpc) is 2.53. The van der Waals surface area contributed by atoms with Crippen LogP contribution in [0.3, 0.4) is 0 Å². The van der Waals surface area contributed by atoms with Gasteiger partial charge in [-0.15, -0.1) is 0 Å². The van der Waals surface area contributed by atoms with Crippen LogP contribution in [0.15, 0.2) is 58.6 Å². The van der Waals surface area contributed by atoms with Gasteiger partial charge in [0.2, 0.25) is 0 Å². The summed E-state index contributed by atoms with van der Waals surface area (Å²) in [4.78, 5) is 5.15. The second-order valence-corrected chi connectivity index (χ2v) is 7.65. The summed E-state index contributed by atoms with van der Waals surface area (Å²) in [7, 11) is -1.93. The zero-order valence-corrected chi connectivity index (χ0v) is 14.6. The molecule has 0 atom stereocenters. The molecule has 2 aromatic rings. The summed E-state index contributed by atoms with van der Waals surface area (Å²) in [6.45, 7) is 1.92. The van der Waals surface area contributed by atoms with Gasteiger partial charge in [0.1, 0.15) is 7.11 Å². The molecular formula is C17H18ClNO3S. The molecule has 0 aromatic heterocycles. The maximum absolute atomic E-state index is 12.4. The Balaban J connectivity index is 2.17. The zero-order valence-electron chi connectivity index (χ0n) is 13.0. The molecule has 0 bridgehead atoms. The fourth-order valence-electron chi connectivity index (χ4n) is 2.09. The van der Waals surface area contributed by atoms with Crippen LogP contribution in [0.25, 0.3) is 0 Å². The predicted molar refractivity (Wildman–Crippen MR) is 92.8 cm³/mol. The molecule has 0 fully saturated rings. The first-order valence-corrected chi connectivity index (χ1v) is 9.11. The molecule has 0 saturated heterocycles. The first kappa shape index (κ1) is 17.5. The molecule has 0 radical (unpaired) electrons. The van der Waals surface area contributed by atoms with Crippen LogP contribution in [-0.2, 0) is 14.7 Å². The van der Waals surface area contributed by atoms with E-state index in [1.165, 1.54) is 7.11 Å². The average molecular weight is 352 g/mol. The summed E-state index contributed by atoms with van der Waals surface area (Å²) in [5.74, 6) is -0.0408. The van der Waals surface area contributed by atoms with Crippen molar-refractivity contribution in [1.29, 1.82) is 0 Å². The highest BCUT2D eigenvalue weighted by molar-refractivity contribution is 7.91. The van der Waals surface area contributed by atoms with Crippen molar-refractivity contribution in [2.75, 3.05) is 12.9 Å². The minimum Gasteiger partial charge on any atom is -0.399 e. The summed E-state index contributed by atoms with van der Waals surface area (Å²) >= 11 is 5.87. The Morgan fingerprint density at radius 1 is 1.09 bits per heavy atom. The van der Waals surface area contributed by atoms with Crippen LogP contribution in [0.4, 0.5) is 0 Å². The van der Waals surface area contributed by atoms with Crippen molar-refractivity contribution >= 4 is 27.1 Å². The largest absolute Gasteiger partial charge is 0.399 e. The van der Waals surface area contributed by atoms with Crippen molar-refractivity contribution in [1.82, 2.24) is 0 Å². The highest BCUT2D eigenvalue weighted by atomic mass is 35.5. The molecule has 0 heterocycles. The summed E-state index contributed by atoms with van der Waals surface area (Å²) < 4.78 is 24.8. The smallest absolute Gasteiger partial charge is 0.178 e. The van der Waals surface area contributed by atoms with E-state index in [2.05, 4.69) is 5.16 Å². The third-order valence-electron chi connectivity index (χ3n) is 3.37. The SMILES string of the molecule is CO/N=C(/CCS(=O)(=O)c1ccc(C)cc1)c1ccc(Cl)cc1. The molecule has 0 saturated carbocycles. The number of benzene rings is 2. The lowest BCUT2D eigenvalue weighted by molar-refractivity contribution is 0.213. The fraction of sp³-hybridized carbons (Fsp3) is 0.235. The van der Waals surface area contributed by atoms with Crippen LogP contribution in [-0.4, -0.2) is 27.0 Å². The lowest BCUT2D eigenvalue weighted by Crippen LogP contribution is -2.13. The monoisotopic (exact) mass is 351 g/mol. The number of rotatable bonds is 6. The van der Waals surface area contributed by atoms with Gasteiger partial charge in [0.15, 0.2) is 9.84 Å². The van der Waals surface area contributed by atoms with E-state index in [1.54, 1.807) is 48.5 Å². The van der Waals surface area contributed by atoms with Crippen molar-refractivity contribution < 1.29 is 13.3 Å². The quantitative estimate of drug-likeness (QED) is 0.586. The van der Waals surface area contributed by atoms with Gasteiger partial charge in [-0.2, -0.15) is 0 Å². The molecule has 6 heteroatoms. The van der Waals surface area contributed by atoms with Crippen molar-refractivity contribution in [2.45, 2.75) is 18.2 Å². The first-order chi connectivity index (χ1) is 10.9. The molecule has 2 rings (SSSR count). The standard InChI is InChI=1S/C17H18ClNO3S/c1-13-3-9-16(10-4-13)23(20,21)12-11-17(19-22-2)14-5-7-15(18)8-6-14/h3-10H,11-12H2,1-2H3/b19-17-. The first-order valence-electron chi connectivity index (χ1n) is 7.08. The second kappa shape index (κ2) is 7.62. The Bertz CT molecular complexity index is 782. The Hall–Kier alpha value is -1.85. The highest BCUT2D eigenvalue weighted by Gasteiger charge is 2.16. The summed E-state index contributed by atoms with van der Waals surface area (Å²) in [6, 6.07) is 13.9. The van der Waals surface area contributed by atoms with E-state index >= 15 is 0 Å². The van der Waals surface area contributed by atoms with E-state index < -0.39 is 9.84 Å². The molecule has 122 valence electrons. The van der Waals surface area contributed by atoms with E-state index in [0.717, 1.165) is 11.1 Å². The Labute approximate surface area is 141 Å². The van der Waals surface area contributed by atoms with Crippen LogP contribution in [0, 0.1) is 6.92 Å². The van der Waals surface area contributed by atoms with Crippen LogP contribution in [0.1, 0.15) is 17.5 Å². The number of hydrogen-bond donors (Lipinski definition) is 0. The predicted octanol–water partition coefficient (Wildman–Crippen LogP) is 3.86. The van der Waals surface area contributed by atoms with E-state index in [9.17, 15) is 8.42 Å². The van der Waals surface area contributed by atoms with Crippen LogP contribution >= 0.6 is 11.6 Å². The summed E-state index contributed by atoms with van der Waals surface area (Å²) in [5.41, 5.74) is 2.38. The van der Waals surface area contributed by atoms with Gasteiger partial charge in [-0.05, 0) is 36.8 Å². The minimum absolute atomic E-state index is 0.0408. The van der Waals surface area contributed by atoms with Crippen molar-refractivity contribution in [3.05, 3.63) is 64.7 Å². The molecule has 0 spiro atoms. The van der Waals surface area contributed by atoms with Gasteiger partial charge >= 0.3 is 0 Å². The maximum Gasteiger partial charge on any atom is 0.178 e. The number of oxime groups is 1. The molecule has 0 aliphatic rings. The molecule has 0 aliphatic heterocycles. The third kappa shape index (κ3) is 4.81. The van der Waals surface area contributed by atoms with Gasteiger partial charge in [0, 0.05) is 11.4 Å². The van der Waals surface area contributed by atoms with Gasteiger partial charge in [0.05, 0.1) is 16.4 Å². The molecule has 23 heavy (non-hydrogen) atoms. The summed E-state index contributed by atoms with van der Waals surface area (Å²) in [5, 5.41) is 4.55. The molecule has 2 aromatic carbocycles. The minimum atomic E-state index is -3.37. The van der Waals surface area contributed by atoms with Crippen LogP contribution in [0.5, 0.6) is 0 Å². The Kier molecular flexibility index (Phi) is 5.80. The molecule has 0 unspecified atom stereocenters. The van der Waals surface area contributed by atoms with Gasteiger partial charge in [-0.25, -0.2) is 8.42 Å². The topological polar surface area (TPSA) is 55.7 Å². The Morgan fingerprint density at radius 3 is 2.26 bits per heavy atom. The number of halogens is 1. The lowest BCUT2D eigenvalue weighted by atomic mass is 10.1. The van der Waals surface area contributed by atoms with Crippen molar-refractivity contribution in [3.63, 3.8) is 0 Å². The van der Waals surface area contributed by atoms with Gasteiger partial charge in [-0.3, -0.25) is 0 Å². The number of nitrogens with zero attached hydrogens (tertiary/aromatic N) is 1. The third-order valence-corrected chi connectivity index (χ3v) is 5.35. The molecule has 0 N–H and O–H groups in total. The van der Waals surface area contributed by atoms with Gasteiger partial charge < -0.3 is 4.84 Å². The van der Waals surface area contributed by atoms with Crippen LogP contribution in [0.2, 0.25) is 5.02 Å². The fourth-order valence-corrected chi connectivity index (χ4v) is 3.46. The van der Waals surface area contributed by atoms with Crippen LogP contribution < -0.4 is 0 Å². The van der Waals surface area contributed by atoms with E-state index in [1.807, 2.05) is 6.92 Å². The van der Waals surface area contributed by atoms with E-state index in [0.29, 0.717) is 15.6 Å². The van der Waals surface area contributed by atoms with E-state index in [-0.39, 0.29) is 12.2 Å². The number of hydrogen-bond acceptors (Lipinski definition) is 4. The van der Waals surface area contributed by atoms with Gasteiger partial charge in [0.25, 0.3) is 0 Å². The summed E-state index contributed by atoms with van der Waals surface area (Å²) in [6.07, 6.45) is 0.256. The van der Waals surface area contributed by atoms with Gasteiger partial charge in [-0.1, -0.05) is 46.6 Å². The number of sulfone groups is 1. The second-order valence-electron chi connectivity index (χ2n) is 5.11. The number of aryl methyl sites for hydroxylation is 1. The Morgan fingerprint density at radius 2 is 1.70 bits per heavy atom.